The van der Waals surface area contributed by atoms with Crippen LogP contribution in [0.15, 0.2) is 41.2 Å². The van der Waals surface area contributed by atoms with Gasteiger partial charge in [-0.3, -0.25) is 4.79 Å². The third kappa shape index (κ3) is 2.30. The zero-order chi connectivity index (χ0) is 13.1. The largest absolute Gasteiger partial charge is 0.308 e. The van der Waals surface area contributed by atoms with E-state index < -0.39 is 5.82 Å². The molecule has 0 atom stereocenters. The molecule has 0 saturated carbocycles. The van der Waals surface area contributed by atoms with Crippen LogP contribution >= 0.6 is 0 Å². The van der Waals surface area contributed by atoms with Gasteiger partial charge in [-0.25, -0.2) is 4.39 Å². The number of nitriles is 1. The van der Waals surface area contributed by atoms with Crippen molar-refractivity contribution in [2.45, 2.75) is 13.5 Å². The fourth-order valence-corrected chi connectivity index (χ4v) is 1.76. The zero-order valence-corrected chi connectivity index (χ0v) is 9.85. The number of aromatic nitrogens is 1. The first-order chi connectivity index (χ1) is 8.61. The number of pyridine rings is 1. The molecule has 1 heterocycles. The molecular formula is C14H11FN2O. The molecule has 4 heteroatoms. The standard InChI is InChI=1S/C14H11FN2O/c1-10-3-2-4-14(18)17(10)9-12-7-11(8-16)5-6-13(12)15/h2-7H,9H2,1H3. The number of halogens is 1. The van der Waals surface area contributed by atoms with E-state index in [1.807, 2.05) is 6.07 Å². The maximum Gasteiger partial charge on any atom is 0.251 e. The number of rotatable bonds is 2. The summed E-state index contributed by atoms with van der Waals surface area (Å²) in [5.41, 5.74) is 1.29. The van der Waals surface area contributed by atoms with Crippen molar-refractivity contribution in [1.82, 2.24) is 4.57 Å². The van der Waals surface area contributed by atoms with Crippen LogP contribution in [-0.4, -0.2) is 4.57 Å². The Morgan fingerprint density at radius 2 is 2.11 bits per heavy atom. The van der Waals surface area contributed by atoms with Crippen molar-refractivity contribution in [2.24, 2.45) is 0 Å². The number of hydrogen-bond donors (Lipinski definition) is 0. The third-order valence-electron chi connectivity index (χ3n) is 2.77. The van der Waals surface area contributed by atoms with Crippen molar-refractivity contribution in [2.75, 3.05) is 0 Å². The molecule has 0 bridgehead atoms. The van der Waals surface area contributed by atoms with E-state index >= 15 is 0 Å². The average molecular weight is 242 g/mol. The van der Waals surface area contributed by atoms with Gasteiger partial charge in [-0.15, -0.1) is 0 Å². The Kier molecular flexibility index (Phi) is 3.24. The Bertz CT molecular complexity index is 683. The fraction of sp³-hybridized carbons (Fsp3) is 0.143. The van der Waals surface area contributed by atoms with Gasteiger partial charge in [0.15, 0.2) is 0 Å². The first-order valence-corrected chi connectivity index (χ1v) is 5.47. The second kappa shape index (κ2) is 4.84. The fourth-order valence-electron chi connectivity index (χ4n) is 1.76. The lowest BCUT2D eigenvalue weighted by Crippen LogP contribution is -2.22. The summed E-state index contributed by atoms with van der Waals surface area (Å²) in [4.78, 5) is 11.7. The number of benzene rings is 1. The molecule has 2 aromatic rings. The van der Waals surface area contributed by atoms with Gasteiger partial charge in [0, 0.05) is 17.3 Å². The molecule has 0 spiro atoms. The lowest BCUT2D eigenvalue weighted by molar-refractivity contribution is 0.593. The van der Waals surface area contributed by atoms with Gasteiger partial charge >= 0.3 is 0 Å². The van der Waals surface area contributed by atoms with Crippen LogP contribution in [0.4, 0.5) is 4.39 Å². The summed E-state index contributed by atoms with van der Waals surface area (Å²) in [7, 11) is 0. The highest BCUT2D eigenvalue weighted by atomic mass is 19.1. The predicted octanol–water partition coefficient (Wildman–Crippen LogP) is 2.22. The van der Waals surface area contributed by atoms with E-state index in [0.717, 1.165) is 5.69 Å². The molecule has 18 heavy (non-hydrogen) atoms. The second-order valence-corrected chi connectivity index (χ2v) is 4.01. The molecule has 1 aromatic heterocycles. The zero-order valence-electron chi connectivity index (χ0n) is 9.85. The minimum Gasteiger partial charge on any atom is -0.308 e. The quantitative estimate of drug-likeness (QED) is 0.810. The van der Waals surface area contributed by atoms with Crippen LogP contribution in [0.25, 0.3) is 0 Å². The number of nitrogens with zero attached hydrogens (tertiary/aromatic N) is 2. The van der Waals surface area contributed by atoms with Gasteiger partial charge in [-0.05, 0) is 31.2 Å². The average Bonchev–Trinajstić information content (AvgIpc) is 2.36. The van der Waals surface area contributed by atoms with Crippen molar-refractivity contribution < 1.29 is 4.39 Å². The lowest BCUT2D eigenvalue weighted by atomic mass is 10.1. The Hall–Kier alpha value is -2.41. The van der Waals surface area contributed by atoms with E-state index in [1.54, 1.807) is 19.1 Å². The van der Waals surface area contributed by atoms with E-state index in [0.29, 0.717) is 11.1 Å². The molecule has 3 nitrogen and oxygen atoms in total. The topological polar surface area (TPSA) is 45.8 Å². The molecule has 0 unspecified atom stereocenters. The van der Waals surface area contributed by atoms with Crippen LogP contribution in [0.5, 0.6) is 0 Å². The summed E-state index contributed by atoms with van der Waals surface area (Å²) in [6.45, 7) is 1.92. The summed E-state index contributed by atoms with van der Waals surface area (Å²) >= 11 is 0. The van der Waals surface area contributed by atoms with Gasteiger partial charge in [-0.2, -0.15) is 5.26 Å². The second-order valence-electron chi connectivity index (χ2n) is 4.01. The molecule has 0 aliphatic carbocycles. The van der Waals surface area contributed by atoms with Crippen molar-refractivity contribution in [3.05, 3.63) is 69.4 Å². The Labute approximate surface area is 104 Å². The van der Waals surface area contributed by atoms with Crippen LogP contribution in [0.1, 0.15) is 16.8 Å². The minimum absolute atomic E-state index is 0.132. The summed E-state index contributed by atoms with van der Waals surface area (Å²) in [6.07, 6.45) is 0. The highest BCUT2D eigenvalue weighted by Crippen LogP contribution is 2.12. The van der Waals surface area contributed by atoms with Gasteiger partial charge in [0.05, 0.1) is 18.2 Å². The smallest absolute Gasteiger partial charge is 0.251 e. The molecule has 0 aliphatic heterocycles. The first kappa shape index (κ1) is 12.1. The van der Waals surface area contributed by atoms with Crippen molar-refractivity contribution >= 4 is 0 Å². The normalized spacial score (nSPS) is 10.1. The van der Waals surface area contributed by atoms with E-state index in [-0.39, 0.29) is 12.1 Å². The molecule has 0 radical (unpaired) electrons. The van der Waals surface area contributed by atoms with Gasteiger partial charge in [0.2, 0.25) is 0 Å². The Morgan fingerprint density at radius 3 is 2.78 bits per heavy atom. The van der Waals surface area contributed by atoms with Crippen LogP contribution in [0.3, 0.4) is 0 Å². The summed E-state index contributed by atoms with van der Waals surface area (Å²) < 4.78 is 15.1. The van der Waals surface area contributed by atoms with Crippen molar-refractivity contribution in [3.8, 4) is 6.07 Å². The van der Waals surface area contributed by atoms with Crippen LogP contribution in [-0.2, 0) is 6.54 Å². The van der Waals surface area contributed by atoms with Gasteiger partial charge in [-0.1, -0.05) is 6.07 Å². The molecule has 90 valence electrons. The van der Waals surface area contributed by atoms with Gasteiger partial charge < -0.3 is 4.57 Å². The highest BCUT2D eigenvalue weighted by molar-refractivity contribution is 5.34. The Morgan fingerprint density at radius 1 is 1.33 bits per heavy atom. The number of hydrogen-bond acceptors (Lipinski definition) is 2. The molecule has 1 aromatic carbocycles. The van der Waals surface area contributed by atoms with Crippen LogP contribution in [0.2, 0.25) is 0 Å². The van der Waals surface area contributed by atoms with Crippen LogP contribution in [0, 0.1) is 24.1 Å². The van der Waals surface area contributed by atoms with E-state index in [4.69, 9.17) is 5.26 Å². The third-order valence-corrected chi connectivity index (χ3v) is 2.77. The summed E-state index contributed by atoms with van der Waals surface area (Å²) in [6, 6.07) is 11.0. The maximum atomic E-state index is 13.6. The van der Waals surface area contributed by atoms with Crippen molar-refractivity contribution in [1.29, 1.82) is 5.26 Å². The van der Waals surface area contributed by atoms with Crippen LogP contribution < -0.4 is 5.56 Å². The predicted molar refractivity (Wildman–Crippen MR) is 65.7 cm³/mol. The SMILES string of the molecule is Cc1cccc(=O)n1Cc1cc(C#N)ccc1F. The molecule has 0 N–H and O–H groups in total. The minimum atomic E-state index is -0.413. The molecule has 0 aliphatic rings. The van der Waals surface area contributed by atoms with Gasteiger partial charge in [0.1, 0.15) is 5.82 Å². The highest BCUT2D eigenvalue weighted by Gasteiger charge is 2.07. The van der Waals surface area contributed by atoms with Gasteiger partial charge in [0.25, 0.3) is 5.56 Å². The molecular weight excluding hydrogens is 231 g/mol. The van der Waals surface area contributed by atoms with E-state index in [1.165, 1.54) is 28.8 Å². The van der Waals surface area contributed by atoms with E-state index in [2.05, 4.69) is 0 Å². The number of aryl methyl sites for hydroxylation is 1. The monoisotopic (exact) mass is 242 g/mol. The van der Waals surface area contributed by atoms with Crippen molar-refractivity contribution in [3.63, 3.8) is 0 Å². The van der Waals surface area contributed by atoms with E-state index in [9.17, 15) is 9.18 Å². The molecule has 0 saturated heterocycles. The molecule has 0 fully saturated rings. The molecule has 2 rings (SSSR count). The summed E-state index contributed by atoms with van der Waals surface area (Å²) in [5, 5.41) is 8.79. The molecule has 0 amide bonds. The lowest BCUT2D eigenvalue weighted by Gasteiger charge is -2.10. The summed E-state index contributed by atoms with van der Waals surface area (Å²) in [5.74, 6) is -0.413. The Balaban J connectivity index is 2.47. The maximum absolute atomic E-state index is 13.6. The first-order valence-electron chi connectivity index (χ1n) is 5.47.